The van der Waals surface area contributed by atoms with E-state index in [-0.39, 0.29) is 16.8 Å². The Hall–Kier alpha value is -2.28. The first-order valence-corrected chi connectivity index (χ1v) is 8.39. The third-order valence-electron chi connectivity index (χ3n) is 3.81. The Morgan fingerprint density at radius 2 is 2.04 bits per heavy atom. The maximum Gasteiger partial charge on any atom is 0.269 e. The van der Waals surface area contributed by atoms with Crippen LogP contribution in [0.5, 0.6) is 0 Å². The zero-order valence-corrected chi connectivity index (χ0v) is 13.2. The summed E-state index contributed by atoms with van der Waals surface area (Å²) in [4.78, 5) is 24.6. The van der Waals surface area contributed by atoms with Gasteiger partial charge in [-0.05, 0) is 30.7 Å². The van der Waals surface area contributed by atoms with Crippen molar-refractivity contribution >= 4 is 23.4 Å². The van der Waals surface area contributed by atoms with E-state index >= 15 is 0 Å². The van der Waals surface area contributed by atoms with Crippen molar-refractivity contribution in [1.82, 2.24) is 4.90 Å². The van der Waals surface area contributed by atoms with E-state index in [2.05, 4.69) is 0 Å². The highest BCUT2D eigenvalue weighted by Gasteiger charge is 2.24. The molecule has 2 heterocycles. The molecule has 1 saturated heterocycles. The van der Waals surface area contributed by atoms with E-state index in [0.29, 0.717) is 18.7 Å². The minimum absolute atomic E-state index is 0.00847. The standard InChI is InChI=1S/C16H16N2O4S/c19-16(12-3-5-13(6-4-12)18(20)21)17-8-7-15(23-11-9-17)14-2-1-10-22-14/h1-6,10,15H,7-9,11H2. The quantitative estimate of drug-likeness (QED) is 0.635. The molecular weight excluding hydrogens is 316 g/mol. The number of non-ortho nitro benzene ring substituents is 1. The monoisotopic (exact) mass is 332 g/mol. The zero-order chi connectivity index (χ0) is 16.2. The van der Waals surface area contributed by atoms with Gasteiger partial charge < -0.3 is 9.32 Å². The van der Waals surface area contributed by atoms with Gasteiger partial charge in [-0.1, -0.05) is 0 Å². The van der Waals surface area contributed by atoms with Crippen molar-refractivity contribution in [3.8, 4) is 0 Å². The lowest BCUT2D eigenvalue weighted by atomic mass is 10.1. The van der Waals surface area contributed by atoms with Gasteiger partial charge in [-0.25, -0.2) is 0 Å². The Morgan fingerprint density at radius 3 is 2.70 bits per heavy atom. The summed E-state index contributed by atoms with van der Waals surface area (Å²) in [5.41, 5.74) is 0.475. The van der Waals surface area contributed by atoms with Crippen molar-refractivity contribution < 1.29 is 14.1 Å². The molecule has 0 radical (unpaired) electrons. The maximum absolute atomic E-state index is 12.6. The van der Waals surface area contributed by atoms with Crippen molar-refractivity contribution in [3.05, 3.63) is 64.1 Å². The van der Waals surface area contributed by atoms with Crippen LogP contribution in [0.3, 0.4) is 0 Å². The topological polar surface area (TPSA) is 76.6 Å². The number of carbonyl (C=O) groups excluding carboxylic acids is 1. The number of rotatable bonds is 3. The number of hydrogen-bond acceptors (Lipinski definition) is 5. The molecule has 0 N–H and O–H groups in total. The second-order valence-corrected chi connectivity index (χ2v) is 6.57. The SMILES string of the molecule is O=C(c1ccc([N+](=O)[O-])cc1)N1CCSC(c2ccco2)CC1. The number of amides is 1. The molecule has 1 aromatic carbocycles. The summed E-state index contributed by atoms with van der Waals surface area (Å²) >= 11 is 1.79. The first-order valence-electron chi connectivity index (χ1n) is 7.34. The molecule has 120 valence electrons. The van der Waals surface area contributed by atoms with Gasteiger partial charge in [0.1, 0.15) is 5.76 Å². The van der Waals surface area contributed by atoms with Crippen LogP contribution in [0.4, 0.5) is 5.69 Å². The normalized spacial score (nSPS) is 18.4. The first-order chi connectivity index (χ1) is 11.1. The third-order valence-corrected chi connectivity index (χ3v) is 5.10. The van der Waals surface area contributed by atoms with Crippen LogP contribution in [0.25, 0.3) is 0 Å². The molecular formula is C16H16N2O4S. The predicted octanol–water partition coefficient (Wildman–Crippen LogP) is 3.51. The van der Waals surface area contributed by atoms with Crippen molar-refractivity contribution in [2.24, 2.45) is 0 Å². The molecule has 2 aromatic rings. The molecule has 0 saturated carbocycles. The highest BCUT2D eigenvalue weighted by Crippen LogP contribution is 2.34. The van der Waals surface area contributed by atoms with Crippen molar-refractivity contribution in [3.63, 3.8) is 0 Å². The maximum atomic E-state index is 12.6. The number of benzene rings is 1. The fourth-order valence-corrected chi connectivity index (χ4v) is 3.76. The summed E-state index contributed by atoms with van der Waals surface area (Å²) in [6.45, 7) is 1.31. The van der Waals surface area contributed by atoms with Gasteiger partial charge in [0.2, 0.25) is 0 Å². The molecule has 7 heteroatoms. The molecule has 3 rings (SSSR count). The summed E-state index contributed by atoms with van der Waals surface area (Å²) in [6, 6.07) is 9.61. The van der Waals surface area contributed by atoms with Gasteiger partial charge in [-0.15, -0.1) is 11.8 Å². The molecule has 0 spiro atoms. The number of nitro groups is 1. The number of carbonyl (C=O) groups is 1. The molecule has 1 amide bonds. The van der Waals surface area contributed by atoms with Crippen LogP contribution in [0.1, 0.15) is 27.8 Å². The van der Waals surface area contributed by atoms with Gasteiger partial charge in [0.25, 0.3) is 11.6 Å². The minimum atomic E-state index is -0.467. The van der Waals surface area contributed by atoms with Crippen LogP contribution >= 0.6 is 11.8 Å². The molecule has 6 nitrogen and oxygen atoms in total. The summed E-state index contributed by atoms with van der Waals surface area (Å²) < 4.78 is 5.46. The minimum Gasteiger partial charge on any atom is -0.468 e. The summed E-state index contributed by atoms with van der Waals surface area (Å²) in [5.74, 6) is 1.70. The molecule has 1 aliphatic heterocycles. The molecule has 23 heavy (non-hydrogen) atoms. The Kier molecular flexibility index (Phi) is 4.66. The highest BCUT2D eigenvalue weighted by atomic mass is 32.2. The van der Waals surface area contributed by atoms with Gasteiger partial charge >= 0.3 is 0 Å². The highest BCUT2D eigenvalue weighted by molar-refractivity contribution is 7.99. The van der Waals surface area contributed by atoms with Crippen LogP contribution in [-0.2, 0) is 0 Å². The van der Waals surface area contributed by atoms with Crippen LogP contribution in [0.2, 0.25) is 0 Å². The summed E-state index contributed by atoms with van der Waals surface area (Å²) in [5, 5.41) is 10.9. The number of nitro benzene ring substituents is 1. The Labute approximate surface area is 137 Å². The summed E-state index contributed by atoms with van der Waals surface area (Å²) in [6.07, 6.45) is 2.50. The smallest absolute Gasteiger partial charge is 0.269 e. The number of thioether (sulfide) groups is 1. The van der Waals surface area contributed by atoms with Gasteiger partial charge in [0, 0.05) is 36.5 Å². The molecule has 1 aliphatic rings. The molecule has 1 atom stereocenters. The lowest BCUT2D eigenvalue weighted by molar-refractivity contribution is -0.384. The number of furan rings is 1. The fourth-order valence-electron chi connectivity index (χ4n) is 2.58. The predicted molar refractivity (Wildman–Crippen MR) is 87.5 cm³/mol. The lowest BCUT2D eigenvalue weighted by Crippen LogP contribution is -2.32. The summed E-state index contributed by atoms with van der Waals surface area (Å²) in [7, 11) is 0. The van der Waals surface area contributed by atoms with E-state index in [1.54, 1.807) is 22.9 Å². The second kappa shape index (κ2) is 6.87. The average Bonchev–Trinajstić information content (AvgIpc) is 2.99. The van der Waals surface area contributed by atoms with Crippen LogP contribution in [0.15, 0.2) is 47.1 Å². The van der Waals surface area contributed by atoms with E-state index in [4.69, 9.17) is 4.42 Å². The van der Waals surface area contributed by atoms with Crippen molar-refractivity contribution in [2.75, 3.05) is 18.8 Å². The van der Waals surface area contributed by atoms with Gasteiger partial charge in [0.15, 0.2) is 0 Å². The molecule has 1 unspecified atom stereocenters. The van der Waals surface area contributed by atoms with Gasteiger partial charge in [0.05, 0.1) is 16.4 Å². The molecule has 1 fully saturated rings. The largest absolute Gasteiger partial charge is 0.468 e. The van der Waals surface area contributed by atoms with Gasteiger partial charge in [-0.2, -0.15) is 0 Å². The average molecular weight is 332 g/mol. The fraction of sp³-hybridized carbons (Fsp3) is 0.312. The van der Waals surface area contributed by atoms with Crippen LogP contribution < -0.4 is 0 Å². The molecule has 0 aliphatic carbocycles. The van der Waals surface area contributed by atoms with E-state index in [9.17, 15) is 14.9 Å². The first kappa shape index (κ1) is 15.6. The van der Waals surface area contributed by atoms with Crippen molar-refractivity contribution in [2.45, 2.75) is 11.7 Å². The van der Waals surface area contributed by atoms with E-state index in [0.717, 1.165) is 17.9 Å². The van der Waals surface area contributed by atoms with Crippen molar-refractivity contribution in [1.29, 1.82) is 0 Å². The number of nitrogens with zero attached hydrogens (tertiary/aromatic N) is 2. The van der Waals surface area contributed by atoms with E-state index in [1.807, 2.05) is 12.1 Å². The molecule has 0 bridgehead atoms. The van der Waals surface area contributed by atoms with Crippen LogP contribution in [0, 0.1) is 10.1 Å². The zero-order valence-electron chi connectivity index (χ0n) is 12.4. The Balaban J connectivity index is 1.67. The Morgan fingerprint density at radius 1 is 1.26 bits per heavy atom. The van der Waals surface area contributed by atoms with E-state index in [1.165, 1.54) is 24.3 Å². The van der Waals surface area contributed by atoms with Crippen LogP contribution in [-0.4, -0.2) is 34.6 Å². The molecule has 1 aromatic heterocycles. The second-order valence-electron chi connectivity index (χ2n) is 5.26. The lowest BCUT2D eigenvalue weighted by Gasteiger charge is -2.20. The van der Waals surface area contributed by atoms with Gasteiger partial charge in [-0.3, -0.25) is 14.9 Å². The van der Waals surface area contributed by atoms with E-state index < -0.39 is 4.92 Å². The Bertz CT molecular complexity index is 685. The third kappa shape index (κ3) is 3.56. The number of hydrogen-bond donors (Lipinski definition) is 0.